The smallest absolute Gasteiger partial charge is 0.115 e. The van der Waals surface area contributed by atoms with Crippen molar-refractivity contribution in [3.05, 3.63) is 0 Å². The first-order valence-corrected chi connectivity index (χ1v) is 6.15. The molecular formula is C12H29N2O+. The van der Waals surface area contributed by atoms with Gasteiger partial charge in [0.25, 0.3) is 0 Å². The summed E-state index contributed by atoms with van der Waals surface area (Å²) in [4.78, 5) is 0. The second-order valence-corrected chi connectivity index (χ2v) is 5.39. The van der Waals surface area contributed by atoms with Crippen LogP contribution in [0.15, 0.2) is 0 Å². The van der Waals surface area contributed by atoms with Gasteiger partial charge in [0.1, 0.15) is 12.6 Å². The molecule has 0 spiro atoms. The molecule has 0 saturated heterocycles. The van der Waals surface area contributed by atoms with Gasteiger partial charge >= 0.3 is 0 Å². The Kier molecular flexibility index (Phi) is 8.02. The molecule has 0 radical (unpaired) electrons. The highest BCUT2D eigenvalue weighted by Gasteiger charge is 2.14. The van der Waals surface area contributed by atoms with E-state index in [1.165, 1.54) is 25.7 Å². The Morgan fingerprint density at radius 1 is 1.13 bits per heavy atom. The molecule has 15 heavy (non-hydrogen) atoms. The number of quaternary nitrogens is 1. The van der Waals surface area contributed by atoms with Crippen LogP contribution < -0.4 is 5.32 Å². The number of nitrogens with one attached hydrogen (secondary N) is 1. The lowest BCUT2D eigenvalue weighted by molar-refractivity contribution is -0.873. The molecule has 0 aromatic rings. The zero-order chi connectivity index (χ0) is 11.7. The fourth-order valence-electron chi connectivity index (χ4n) is 1.64. The standard InChI is InChI=1S/C12H29N2O/c1-5-6-7-8-9-13-10-12(15)11-14(2,3)4/h12-13,15H,5-11H2,1-4H3/q+1/t12-/m1/s1. The van der Waals surface area contributed by atoms with Gasteiger partial charge in [-0.3, -0.25) is 0 Å². The maximum absolute atomic E-state index is 9.71. The lowest BCUT2D eigenvalue weighted by Crippen LogP contribution is -2.45. The van der Waals surface area contributed by atoms with Crippen LogP contribution >= 0.6 is 0 Å². The highest BCUT2D eigenvalue weighted by molar-refractivity contribution is 4.58. The zero-order valence-electron chi connectivity index (χ0n) is 10.9. The average Bonchev–Trinajstić information content (AvgIpc) is 2.08. The maximum Gasteiger partial charge on any atom is 0.115 e. The van der Waals surface area contributed by atoms with E-state index in [1.54, 1.807) is 0 Å². The Morgan fingerprint density at radius 2 is 1.80 bits per heavy atom. The molecule has 0 amide bonds. The topological polar surface area (TPSA) is 32.3 Å². The summed E-state index contributed by atoms with van der Waals surface area (Å²) in [6.07, 6.45) is 4.91. The maximum atomic E-state index is 9.71. The van der Waals surface area contributed by atoms with Crippen LogP contribution in [-0.4, -0.2) is 56.5 Å². The van der Waals surface area contributed by atoms with Gasteiger partial charge in [-0.25, -0.2) is 0 Å². The second kappa shape index (κ2) is 8.08. The third-order valence-corrected chi connectivity index (χ3v) is 2.35. The molecule has 0 saturated carbocycles. The van der Waals surface area contributed by atoms with Crippen LogP contribution in [0.5, 0.6) is 0 Å². The van der Waals surface area contributed by atoms with E-state index in [-0.39, 0.29) is 6.10 Å². The summed E-state index contributed by atoms with van der Waals surface area (Å²) >= 11 is 0. The lowest BCUT2D eigenvalue weighted by atomic mass is 10.2. The van der Waals surface area contributed by atoms with Crippen LogP contribution in [0.25, 0.3) is 0 Å². The van der Waals surface area contributed by atoms with Crippen molar-refractivity contribution in [2.24, 2.45) is 0 Å². The van der Waals surface area contributed by atoms with Crippen molar-refractivity contribution in [1.82, 2.24) is 5.32 Å². The Labute approximate surface area is 95.1 Å². The minimum absolute atomic E-state index is 0.226. The van der Waals surface area contributed by atoms with Crippen molar-refractivity contribution in [3.8, 4) is 0 Å². The van der Waals surface area contributed by atoms with Crippen LogP contribution in [-0.2, 0) is 0 Å². The van der Waals surface area contributed by atoms with E-state index in [0.717, 1.165) is 24.1 Å². The Morgan fingerprint density at radius 3 is 2.33 bits per heavy atom. The van der Waals surface area contributed by atoms with Crippen molar-refractivity contribution in [1.29, 1.82) is 0 Å². The van der Waals surface area contributed by atoms with E-state index in [9.17, 15) is 5.11 Å². The van der Waals surface area contributed by atoms with Gasteiger partial charge < -0.3 is 14.9 Å². The highest BCUT2D eigenvalue weighted by atomic mass is 16.3. The van der Waals surface area contributed by atoms with Crippen molar-refractivity contribution < 1.29 is 9.59 Å². The summed E-state index contributed by atoms with van der Waals surface area (Å²) < 4.78 is 0.818. The average molecular weight is 217 g/mol. The van der Waals surface area contributed by atoms with Crippen molar-refractivity contribution in [2.45, 2.75) is 38.7 Å². The van der Waals surface area contributed by atoms with Gasteiger partial charge in [-0.1, -0.05) is 26.2 Å². The molecule has 0 fully saturated rings. The Hall–Kier alpha value is -0.120. The molecule has 92 valence electrons. The third-order valence-electron chi connectivity index (χ3n) is 2.35. The normalized spacial score (nSPS) is 14.2. The summed E-state index contributed by atoms with van der Waals surface area (Å²) in [5.74, 6) is 0. The van der Waals surface area contributed by atoms with E-state index < -0.39 is 0 Å². The van der Waals surface area contributed by atoms with Crippen molar-refractivity contribution in [2.75, 3.05) is 40.8 Å². The molecule has 3 nitrogen and oxygen atoms in total. The number of likely N-dealkylation sites (N-methyl/N-ethyl adjacent to an activating group) is 1. The number of aliphatic hydroxyl groups excluding tert-OH is 1. The van der Waals surface area contributed by atoms with Crippen LogP contribution in [0, 0.1) is 0 Å². The predicted octanol–water partition coefficient (Wildman–Crippen LogP) is 1.22. The highest BCUT2D eigenvalue weighted by Crippen LogP contribution is 1.97. The predicted molar refractivity (Wildman–Crippen MR) is 65.9 cm³/mol. The first-order chi connectivity index (χ1) is 6.95. The summed E-state index contributed by atoms with van der Waals surface area (Å²) in [7, 11) is 6.30. The van der Waals surface area contributed by atoms with E-state index in [2.05, 4.69) is 33.4 Å². The fourth-order valence-corrected chi connectivity index (χ4v) is 1.64. The second-order valence-electron chi connectivity index (χ2n) is 5.39. The van der Waals surface area contributed by atoms with Gasteiger partial charge in [-0.2, -0.15) is 0 Å². The van der Waals surface area contributed by atoms with Crippen LogP contribution in [0.4, 0.5) is 0 Å². The molecule has 0 aliphatic carbocycles. The molecule has 0 aromatic heterocycles. The summed E-state index contributed by atoms with van der Waals surface area (Å²) in [6, 6.07) is 0. The van der Waals surface area contributed by atoms with Crippen LogP contribution in [0.2, 0.25) is 0 Å². The van der Waals surface area contributed by atoms with E-state index >= 15 is 0 Å². The van der Waals surface area contributed by atoms with Gasteiger partial charge in [0.2, 0.25) is 0 Å². The van der Waals surface area contributed by atoms with Crippen LogP contribution in [0.1, 0.15) is 32.6 Å². The van der Waals surface area contributed by atoms with E-state index in [1.807, 2.05) is 0 Å². The number of hydrogen-bond donors (Lipinski definition) is 2. The molecule has 1 atom stereocenters. The minimum Gasteiger partial charge on any atom is -0.386 e. The largest absolute Gasteiger partial charge is 0.386 e. The number of nitrogens with zero attached hydrogens (tertiary/aromatic N) is 1. The molecule has 3 heteroatoms. The monoisotopic (exact) mass is 217 g/mol. The number of hydrogen-bond acceptors (Lipinski definition) is 2. The van der Waals surface area contributed by atoms with Gasteiger partial charge in [-0.15, -0.1) is 0 Å². The van der Waals surface area contributed by atoms with E-state index in [4.69, 9.17) is 0 Å². The molecular weight excluding hydrogens is 188 g/mol. The van der Waals surface area contributed by atoms with Crippen molar-refractivity contribution in [3.63, 3.8) is 0 Å². The van der Waals surface area contributed by atoms with Gasteiger partial charge in [0.05, 0.1) is 21.1 Å². The van der Waals surface area contributed by atoms with Gasteiger partial charge in [0, 0.05) is 6.54 Å². The SMILES string of the molecule is CCCCCCNC[C@@H](O)C[N+](C)(C)C. The molecule has 0 aromatic carbocycles. The Bertz CT molecular complexity index is 143. The molecule has 2 N–H and O–H groups in total. The molecule has 0 bridgehead atoms. The third kappa shape index (κ3) is 11.8. The fraction of sp³-hybridized carbons (Fsp3) is 1.00. The Balaban J connectivity index is 3.28. The first-order valence-electron chi connectivity index (χ1n) is 6.15. The number of rotatable bonds is 9. The minimum atomic E-state index is -0.226. The molecule has 0 aliphatic heterocycles. The van der Waals surface area contributed by atoms with E-state index in [0.29, 0.717) is 0 Å². The molecule has 0 heterocycles. The van der Waals surface area contributed by atoms with Crippen molar-refractivity contribution >= 4 is 0 Å². The number of aliphatic hydroxyl groups is 1. The number of unbranched alkanes of at least 4 members (excludes halogenated alkanes) is 3. The molecule has 0 rings (SSSR count). The summed E-state index contributed by atoms with van der Waals surface area (Å²) in [5, 5.41) is 13.0. The quantitative estimate of drug-likeness (QED) is 0.450. The summed E-state index contributed by atoms with van der Waals surface area (Å²) in [6.45, 7) is 4.79. The zero-order valence-corrected chi connectivity index (χ0v) is 10.9. The lowest BCUT2D eigenvalue weighted by Gasteiger charge is -2.26. The van der Waals surface area contributed by atoms with Gasteiger partial charge in [-0.05, 0) is 13.0 Å². The van der Waals surface area contributed by atoms with Crippen LogP contribution in [0.3, 0.4) is 0 Å². The summed E-state index contributed by atoms with van der Waals surface area (Å²) in [5.41, 5.74) is 0. The first kappa shape index (κ1) is 14.9. The van der Waals surface area contributed by atoms with Gasteiger partial charge in [0.15, 0.2) is 0 Å². The molecule has 0 unspecified atom stereocenters. The molecule has 0 aliphatic rings.